The first-order valence-electron chi connectivity index (χ1n) is 10.6. The number of nitrogens with one attached hydrogen (secondary N) is 1. The Morgan fingerprint density at radius 2 is 1.94 bits per heavy atom. The van der Waals surface area contributed by atoms with Crippen LogP contribution in [0.1, 0.15) is 16.9 Å². The molecule has 3 aromatic rings. The maximum absolute atomic E-state index is 13.3. The Morgan fingerprint density at radius 3 is 2.72 bits per heavy atom. The van der Waals surface area contributed by atoms with E-state index in [-0.39, 0.29) is 18.3 Å². The van der Waals surface area contributed by atoms with Gasteiger partial charge in [0, 0.05) is 20.2 Å². The summed E-state index contributed by atoms with van der Waals surface area (Å²) in [6.07, 6.45) is 2.37. The van der Waals surface area contributed by atoms with E-state index in [0.717, 1.165) is 29.1 Å². The lowest BCUT2D eigenvalue weighted by Crippen LogP contribution is -2.39. The van der Waals surface area contributed by atoms with Crippen LogP contribution in [0.4, 0.5) is 4.39 Å². The molecule has 0 aliphatic heterocycles. The molecular weight excluding hydrogens is 411 g/mol. The second-order valence-corrected chi connectivity index (χ2v) is 7.45. The third kappa shape index (κ3) is 8.17. The summed E-state index contributed by atoms with van der Waals surface area (Å²) in [5.41, 5.74) is 1.87. The molecule has 0 saturated heterocycles. The quantitative estimate of drug-likeness (QED) is 0.410. The molecule has 32 heavy (non-hydrogen) atoms. The van der Waals surface area contributed by atoms with E-state index in [2.05, 4.69) is 5.32 Å². The topological polar surface area (TPSA) is 63.9 Å². The van der Waals surface area contributed by atoms with Gasteiger partial charge in [-0.1, -0.05) is 24.3 Å². The van der Waals surface area contributed by atoms with Crippen LogP contribution in [0.2, 0.25) is 0 Å². The molecule has 0 aliphatic rings. The summed E-state index contributed by atoms with van der Waals surface area (Å²) in [6.45, 7) is 2.74. The Morgan fingerprint density at radius 1 is 1.09 bits per heavy atom. The van der Waals surface area contributed by atoms with Crippen molar-refractivity contribution in [2.45, 2.75) is 19.6 Å². The maximum Gasteiger partial charge on any atom is 0.234 e. The molecule has 0 saturated carbocycles. The van der Waals surface area contributed by atoms with Gasteiger partial charge < -0.3 is 19.2 Å². The van der Waals surface area contributed by atoms with Gasteiger partial charge in [-0.15, -0.1) is 0 Å². The van der Waals surface area contributed by atoms with Crippen LogP contribution in [-0.2, 0) is 29.1 Å². The number of rotatable bonds is 13. The van der Waals surface area contributed by atoms with Gasteiger partial charge in [0.25, 0.3) is 0 Å². The van der Waals surface area contributed by atoms with Gasteiger partial charge in [0.05, 0.1) is 26.0 Å². The third-order valence-electron chi connectivity index (χ3n) is 4.86. The van der Waals surface area contributed by atoms with E-state index in [4.69, 9.17) is 13.9 Å². The first-order valence-corrected chi connectivity index (χ1v) is 10.6. The molecule has 7 heteroatoms. The smallest absolute Gasteiger partial charge is 0.234 e. The van der Waals surface area contributed by atoms with Gasteiger partial charge >= 0.3 is 0 Å². The second-order valence-electron chi connectivity index (χ2n) is 7.45. The summed E-state index contributed by atoms with van der Waals surface area (Å²) >= 11 is 0. The molecule has 170 valence electrons. The van der Waals surface area contributed by atoms with Gasteiger partial charge in [-0.05, 0) is 53.9 Å². The summed E-state index contributed by atoms with van der Waals surface area (Å²) < 4.78 is 29.6. The number of ether oxygens (including phenoxy) is 2. The Hall–Kier alpha value is -3.16. The Labute approximate surface area is 187 Å². The lowest BCUT2D eigenvalue weighted by atomic mass is 10.1. The SMILES string of the molecule is COCCNC(=O)CN(CCc1cccc(OCc2cccc(F)c2)c1)Cc1ccco1. The number of furan rings is 1. The average molecular weight is 441 g/mol. The van der Waals surface area contributed by atoms with Crippen LogP contribution in [0.5, 0.6) is 5.75 Å². The molecule has 3 rings (SSSR count). The molecule has 6 nitrogen and oxygen atoms in total. The molecule has 0 unspecified atom stereocenters. The summed E-state index contributed by atoms with van der Waals surface area (Å²) in [4.78, 5) is 14.3. The average Bonchev–Trinajstić information content (AvgIpc) is 3.30. The van der Waals surface area contributed by atoms with Gasteiger partial charge in [0.2, 0.25) is 5.91 Å². The van der Waals surface area contributed by atoms with Gasteiger partial charge in [-0.2, -0.15) is 0 Å². The monoisotopic (exact) mass is 440 g/mol. The molecular formula is C25H29FN2O4. The van der Waals surface area contributed by atoms with Crippen molar-refractivity contribution in [2.75, 3.05) is 33.4 Å². The van der Waals surface area contributed by atoms with Gasteiger partial charge in [0.1, 0.15) is 23.9 Å². The minimum absolute atomic E-state index is 0.0548. The van der Waals surface area contributed by atoms with Crippen molar-refractivity contribution in [2.24, 2.45) is 0 Å². The van der Waals surface area contributed by atoms with Crippen molar-refractivity contribution in [1.29, 1.82) is 0 Å². The maximum atomic E-state index is 13.3. The van der Waals surface area contributed by atoms with Crippen molar-refractivity contribution >= 4 is 5.91 Å². The molecule has 1 aromatic heterocycles. The van der Waals surface area contributed by atoms with E-state index in [1.54, 1.807) is 19.4 Å². The van der Waals surface area contributed by atoms with Crippen LogP contribution in [0, 0.1) is 5.82 Å². The number of halogens is 1. The Balaban J connectivity index is 1.55. The molecule has 0 spiro atoms. The molecule has 1 N–H and O–H groups in total. The van der Waals surface area contributed by atoms with Crippen LogP contribution in [0.15, 0.2) is 71.3 Å². The molecule has 2 aromatic carbocycles. The molecule has 0 atom stereocenters. The molecule has 0 fully saturated rings. The van der Waals surface area contributed by atoms with Crippen molar-refractivity contribution in [3.63, 3.8) is 0 Å². The van der Waals surface area contributed by atoms with E-state index < -0.39 is 0 Å². The number of amides is 1. The fourth-order valence-corrected chi connectivity index (χ4v) is 3.26. The summed E-state index contributed by atoms with van der Waals surface area (Å²) in [5, 5.41) is 2.85. The number of benzene rings is 2. The fourth-order valence-electron chi connectivity index (χ4n) is 3.26. The zero-order valence-corrected chi connectivity index (χ0v) is 18.3. The van der Waals surface area contributed by atoms with Gasteiger partial charge in [-0.25, -0.2) is 4.39 Å². The predicted octanol–water partition coefficient (Wildman–Crippen LogP) is 3.81. The highest BCUT2D eigenvalue weighted by Gasteiger charge is 2.13. The molecule has 0 aliphatic carbocycles. The summed E-state index contributed by atoms with van der Waals surface area (Å²) in [5.74, 6) is 1.20. The van der Waals surface area contributed by atoms with E-state index in [0.29, 0.717) is 32.8 Å². The largest absolute Gasteiger partial charge is 0.489 e. The standard InChI is InChI=1S/C25H29FN2O4/c1-30-14-11-27-25(29)18-28(17-24-9-4-13-31-24)12-10-20-5-3-8-23(16-20)32-19-21-6-2-7-22(26)15-21/h2-9,13,15-16H,10-12,14,17-19H2,1H3,(H,27,29). The summed E-state index contributed by atoms with van der Waals surface area (Å²) in [6, 6.07) is 17.9. The molecule has 0 radical (unpaired) electrons. The van der Waals surface area contributed by atoms with Crippen LogP contribution in [0.25, 0.3) is 0 Å². The Kier molecular flexibility index (Phi) is 9.28. The lowest BCUT2D eigenvalue weighted by molar-refractivity contribution is -0.122. The minimum Gasteiger partial charge on any atom is -0.489 e. The van der Waals surface area contributed by atoms with Crippen LogP contribution in [-0.4, -0.2) is 44.2 Å². The van der Waals surface area contributed by atoms with E-state index >= 15 is 0 Å². The van der Waals surface area contributed by atoms with Crippen molar-refractivity contribution in [3.8, 4) is 5.75 Å². The minimum atomic E-state index is -0.275. The second kappa shape index (κ2) is 12.6. The number of hydrogen-bond acceptors (Lipinski definition) is 5. The van der Waals surface area contributed by atoms with E-state index in [1.165, 1.54) is 12.1 Å². The van der Waals surface area contributed by atoms with Crippen molar-refractivity contribution < 1.29 is 23.1 Å². The normalized spacial score (nSPS) is 11.0. The van der Waals surface area contributed by atoms with E-state index in [9.17, 15) is 9.18 Å². The summed E-state index contributed by atoms with van der Waals surface area (Å²) in [7, 11) is 1.60. The lowest BCUT2D eigenvalue weighted by Gasteiger charge is -2.21. The van der Waals surface area contributed by atoms with Crippen LogP contribution >= 0.6 is 0 Å². The first kappa shape index (κ1) is 23.5. The number of carbonyl (C=O) groups is 1. The Bertz CT molecular complexity index is 962. The van der Waals surface area contributed by atoms with Gasteiger partial charge in [0.15, 0.2) is 0 Å². The van der Waals surface area contributed by atoms with Crippen LogP contribution in [0.3, 0.4) is 0 Å². The van der Waals surface area contributed by atoms with Crippen molar-refractivity contribution in [1.82, 2.24) is 10.2 Å². The first-order chi connectivity index (χ1) is 15.6. The van der Waals surface area contributed by atoms with Gasteiger partial charge in [-0.3, -0.25) is 9.69 Å². The number of nitrogens with zero attached hydrogens (tertiary/aromatic N) is 1. The molecule has 0 bridgehead atoms. The third-order valence-corrected chi connectivity index (χ3v) is 4.86. The van der Waals surface area contributed by atoms with Crippen molar-refractivity contribution in [3.05, 3.63) is 89.6 Å². The zero-order valence-electron chi connectivity index (χ0n) is 18.3. The zero-order chi connectivity index (χ0) is 22.6. The van der Waals surface area contributed by atoms with Crippen LogP contribution < -0.4 is 10.1 Å². The number of carbonyl (C=O) groups excluding carboxylic acids is 1. The highest BCUT2D eigenvalue weighted by atomic mass is 19.1. The fraction of sp³-hybridized carbons (Fsp3) is 0.320. The highest BCUT2D eigenvalue weighted by Crippen LogP contribution is 2.17. The van der Waals surface area contributed by atoms with E-state index in [1.807, 2.05) is 47.4 Å². The molecule has 1 amide bonds. The number of hydrogen-bond donors (Lipinski definition) is 1. The number of methoxy groups -OCH3 is 1. The predicted molar refractivity (Wildman–Crippen MR) is 120 cm³/mol. The highest BCUT2D eigenvalue weighted by molar-refractivity contribution is 5.77. The molecule has 1 heterocycles.